The number of rotatable bonds is 13. The summed E-state index contributed by atoms with van der Waals surface area (Å²) < 4.78 is 0. The first kappa shape index (κ1) is 29.3. The number of hydroxylamine groups is 1. The SMILES string of the molecule is CC(C)C[C@@H](C(=O)NN(CC(C)C)C(=O)CCC(C)O)[C@H](CC=Cc1ccccc1)C(=O)NO. The fraction of sp³-hybridized carbons (Fsp3) is 0.577. The van der Waals surface area contributed by atoms with E-state index in [1.54, 1.807) is 12.4 Å². The van der Waals surface area contributed by atoms with E-state index in [1.165, 1.54) is 5.01 Å². The highest BCUT2D eigenvalue weighted by Crippen LogP contribution is 2.26. The van der Waals surface area contributed by atoms with Crippen LogP contribution < -0.4 is 10.9 Å². The minimum absolute atomic E-state index is 0.0971. The Hall–Kier alpha value is -2.71. The highest BCUT2D eigenvalue weighted by molar-refractivity contribution is 5.89. The van der Waals surface area contributed by atoms with Crippen LogP contribution in [0.5, 0.6) is 0 Å². The zero-order valence-corrected chi connectivity index (χ0v) is 21.0. The number of allylic oxidation sites excluding steroid dienone is 1. The van der Waals surface area contributed by atoms with Crippen LogP contribution in [0.15, 0.2) is 36.4 Å². The molecule has 0 aliphatic rings. The molecule has 190 valence electrons. The number of carbonyl (C=O) groups excluding carboxylic acids is 3. The summed E-state index contributed by atoms with van der Waals surface area (Å²) in [5.74, 6) is -2.75. The Morgan fingerprint density at radius 2 is 1.62 bits per heavy atom. The van der Waals surface area contributed by atoms with Crippen molar-refractivity contribution in [3.8, 4) is 0 Å². The third kappa shape index (κ3) is 10.9. The average Bonchev–Trinajstić information content (AvgIpc) is 2.78. The summed E-state index contributed by atoms with van der Waals surface area (Å²) in [5, 5.41) is 20.2. The van der Waals surface area contributed by atoms with Gasteiger partial charge in [0.1, 0.15) is 0 Å². The summed E-state index contributed by atoms with van der Waals surface area (Å²) in [4.78, 5) is 38.7. The first-order valence-electron chi connectivity index (χ1n) is 12.0. The van der Waals surface area contributed by atoms with Crippen LogP contribution in [0.3, 0.4) is 0 Å². The van der Waals surface area contributed by atoms with Crippen molar-refractivity contribution in [2.75, 3.05) is 6.54 Å². The molecule has 8 heteroatoms. The van der Waals surface area contributed by atoms with Crippen molar-refractivity contribution in [3.05, 3.63) is 42.0 Å². The molecule has 1 aromatic rings. The quantitative estimate of drug-likeness (QED) is 0.257. The molecule has 8 nitrogen and oxygen atoms in total. The Bertz CT molecular complexity index is 793. The normalized spacial score (nSPS) is 14.1. The molecular formula is C26H41N3O5. The molecule has 0 aromatic heterocycles. The van der Waals surface area contributed by atoms with Gasteiger partial charge in [-0.3, -0.25) is 30.0 Å². The topological polar surface area (TPSA) is 119 Å². The lowest BCUT2D eigenvalue weighted by Crippen LogP contribution is -2.52. The van der Waals surface area contributed by atoms with E-state index in [2.05, 4.69) is 5.43 Å². The summed E-state index contributed by atoms with van der Waals surface area (Å²) in [5.41, 5.74) is 5.39. The van der Waals surface area contributed by atoms with Crippen LogP contribution in [0.4, 0.5) is 0 Å². The Labute approximate surface area is 203 Å². The molecule has 0 aliphatic carbocycles. The number of benzene rings is 1. The largest absolute Gasteiger partial charge is 0.393 e. The summed E-state index contributed by atoms with van der Waals surface area (Å²) >= 11 is 0. The van der Waals surface area contributed by atoms with Crippen molar-refractivity contribution < 1.29 is 24.7 Å². The second kappa shape index (κ2) is 15.2. The highest BCUT2D eigenvalue weighted by atomic mass is 16.5. The van der Waals surface area contributed by atoms with Crippen LogP contribution in [-0.4, -0.2) is 45.7 Å². The van der Waals surface area contributed by atoms with Gasteiger partial charge < -0.3 is 5.11 Å². The number of hydrogen-bond donors (Lipinski definition) is 4. The molecule has 3 atom stereocenters. The molecule has 0 heterocycles. The van der Waals surface area contributed by atoms with Crippen molar-refractivity contribution in [1.82, 2.24) is 15.9 Å². The maximum absolute atomic E-state index is 13.4. The van der Waals surface area contributed by atoms with Gasteiger partial charge in [-0.05, 0) is 43.6 Å². The number of nitrogens with zero attached hydrogens (tertiary/aromatic N) is 1. The molecule has 1 unspecified atom stereocenters. The van der Waals surface area contributed by atoms with Gasteiger partial charge in [-0.15, -0.1) is 0 Å². The van der Waals surface area contributed by atoms with Gasteiger partial charge in [-0.25, -0.2) is 5.48 Å². The van der Waals surface area contributed by atoms with Gasteiger partial charge in [-0.2, -0.15) is 0 Å². The predicted octanol–water partition coefficient (Wildman–Crippen LogP) is 3.55. The van der Waals surface area contributed by atoms with Crippen molar-refractivity contribution in [2.24, 2.45) is 23.7 Å². The van der Waals surface area contributed by atoms with Gasteiger partial charge in [0.15, 0.2) is 0 Å². The Morgan fingerprint density at radius 1 is 0.971 bits per heavy atom. The predicted molar refractivity (Wildman–Crippen MR) is 132 cm³/mol. The minimum atomic E-state index is -0.819. The molecule has 34 heavy (non-hydrogen) atoms. The van der Waals surface area contributed by atoms with Crippen molar-refractivity contribution in [1.29, 1.82) is 0 Å². The first-order chi connectivity index (χ1) is 16.0. The van der Waals surface area contributed by atoms with Gasteiger partial charge in [-0.1, -0.05) is 70.2 Å². The number of carbonyl (C=O) groups is 3. The molecule has 0 spiro atoms. The molecule has 3 amide bonds. The Kier molecular flexibility index (Phi) is 13.1. The molecule has 4 N–H and O–H groups in total. The van der Waals surface area contributed by atoms with Gasteiger partial charge in [0.25, 0.3) is 0 Å². The maximum atomic E-state index is 13.4. The van der Waals surface area contributed by atoms with Crippen molar-refractivity contribution >= 4 is 23.8 Å². The van der Waals surface area contributed by atoms with E-state index in [0.29, 0.717) is 19.4 Å². The molecular weight excluding hydrogens is 434 g/mol. The lowest BCUT2D eigenvalue weighted by atomic mass is 9.82. The minimum Gasteiger partial charge on any atom is -0.393 e. The number of hydrogen-bond acceptors (Lipinski definition) is 5. The lowest BCUT2D eigenvalue weighted by Gasteiger charge is -2.30. The second-order valence-corrected chi connectivity index (χ2v) is 9.63. The van der Waals surface area contributed by atoms with Crippen LogP contribution in [-0.2, 0) is 14.4 Å². The number of aliphatic hydroxyl groups excluding tert-OH is 1. The number of amides is 3. The summed E-state index contributed by atoms with van der Waals surface area (Å²) in [6.45, 7) is 9.69. The molecule has 0 saturated heterocycles. The summed E-state index contributed by atoms with van der Waals surface area (Å²) in [7, 11) is 0. The van der Waals surface area contributed by atoms with E-state index >= 15 is 0 Å². The van der Waals surface area contributed by atoms with Crippen LogP contribution in [0, 0.1) is 23.7 Å². The van der Waals surface area contributed by atoms with Crippen LogP contribution in [0.25, 0.3) is 6.08 Å². The molecule has 1 rings (SSSR count). The Morgan fingerprint density at radius 3 is 2.15 bits per heavy atom. The third-order valence-electron chi connectivity index (χ3n) is 5.36. The zero-order chi connectivity index (χ0) is 25.7. The van der Waals surface area contributed by atoms with Crippen molar-refractivity contribution in [3.63, 3.8) is 0 Å². The summed E-state index contributed by atoms with van der Waals surface area (Å²) in [6.07, 6.45) is 4.09. The molecule has 0 bridgehead atoms. The molecule has 0 aliphatic heterocycles. The van der Waals surface area contributed by atoms with Crippen LogP contribution >= 0.6 is 0 Å². The fourth-order valence-corrected chi connectivity index (χ4v) is 3.67. The summed E-state index contributed by atoms with van der Waals surface area (Å²) in [6, 6.07) is 9.58. The zero-order valence-electron chi connectivity index (χ0n) is 21.0. The fourth-order valence-electron chi connectivity index (χ4n) is 3.67. The number of hydrazine groups is 1. The van der Waals surface area contributed by atoms with E-state index in [9.17, 15) is 24.7 Å². The lowest BCUT2D eigenvalue weighted by molar-refractivity contribution is -0.148. The Balaban J connectivity index is 3.10. The van der Waals surface area contributed by atoms with Gasteiger partial charge in [0.05, 0.1) is 17.9 Å². The molecule has 1 aromatic carbocycles. The van der Waals surface area contributed by atoms with E-state index in [1.807, 2.05) is 70.2 Å². The first-order valence-corrected chi connectivity index (χ1v) is 12.0. The van der Waals surface area contributed by atoms with Gasteiger partial charge in [0, 0.05) is 13.0 Å². The smallest absolute Gasteiger partial charge is 0.247 e. The van der Waals surface area contributed by atoms with Gasteiger partial charge in [0.2, 0.25) is 17.7 Å². The third-order valence-corrected chi connectivity index (χ3v) is 5.36. The highest BCUT2D eigenvalue weighted by Gasteiger charge is 2.35. The van der Waals surface area contributed by atoms with Gasteiger partial charge >= 0.3 is 0 Å². The monoisotopic (exact) mass is 475 g/mol. The average molecular weight is 476 g/mol. The van der Waals surface area contributed by atoms with Crippen molar-refractivity contribution in [2.45, 2.75) is 66.4 Å². The number of aliphatic hydroxyl groups is 1. The number of nitrogens with one attached hydrogen (secondary N) is 2. The molecule has 0 radical (unpaired) electrons. The maximum Gasteiger partial charge on any atom is 0.247 e. The van der Waals surface area contributed by atoms with E-state index in [-0.39, 0.29) is 30.6 Å². The second-order valence-electron chi connectivity index (χ2n) is 9.63. The van der Waals surface area contributed by atoms with E-state index in [0.717, 1.165) is 5.56 Å². The van der Waals surface area contributed by atoms with E-state index in [4.69, 9.17) is 0 Å². The molecule has 0 saturated carbocycles. The van der Waals surface area contributed by atoms with Crippen LogP contribution in [0.2, 0.25) is 0 Å². The van der Waals surface area contributed by atoms with E-state index < -0.39 is 29.8 Å². The van der Waals surface area contributed by atoms with Crippen LogP contribution in [0.1, 0.15) is 65.9 Å². The molecule has 0 fully saturated rings. The standard InChI is InChI=1S/C26H41N3O5/c1-18(2)16-23(22(26(33)28-34)13-9-12-21-10-7-6-8-11-21)25(32)27-29(17-19(3)4)24(31)15-14-20(5)30/h6-12,18-20,22-23,30,34H,13-17H2,1-5H3,(H,27,32)(H,28,33)/t20?,22-,23+/m0/s1.